The Balaban J connectivity index is 2.26. The minimum atomic E-state index is 1.08. The minimum absolute atomic E-state index is 1.08. The van der Waals surface area contributed by atoms with E-state index < -0.39 is 0 Å². The summed E-state index contributed by atoms with van der Waals surface area (Å²) in [5, 5.41) is 5.10. The van der Waals surface area contributed by atoms with Crippen molar-refractivity contribution in [3.05, 3.63) is 81.7 Å². The Labute approximate surface area is 156 Å². The molecule has 1 aliphatic carbocycles. The molecule has 0 unspecified atom stereocenters. The maximum absolute atomic E-state index is 4.10. The summed E-state index contributed by atoms with van der Waals surface area (Å²) >= 11 is 3.78. The number of halogens is 1. The van der Waals surface area contributed by atoms with Crippen LogP contribution in [0.4, 0.5) is 0 Å². The Hall–Kier alpha value is -2.38. The fourth-order valence-corrected chi connectivity index (χ4v) is 4.53. The van der Waals surface area contributed by atoms with Crippen molar-refractivity contribution >= 4 is 51.0 Å². The van der Waals surface area contributed by atoms with E-state index in [2.05, 4.69) is 83.7 Å². The SMILES string of the molecule is C=Cc1c(C=C)c(-c2cccc3c2=CCCC=3)c2ccccc2c1Br. The van der Waals surface area contributed by atoms with E-state index in [-0.39, 0.29) is 0 Å². The topological polar surface area (TPSA) is 0 Å². The molecule has 0 aliphatic heterocycles. The third kappa shape index (κ3) is 2.51. The van der Waals surface area contributed by atoms with Crippen LogP contribution in [0.5, 0.6) is 0 Å². The van der Waals surface area contributed by atoms with Gasteiger partial charge in [0.25, 0.3) is 0 Å². The number of hydrogen-bond acceptors (Lipinski definition) is 0. The first-order valence-corrected chi connectivity index (χ1v) is 9.34. The molecule has 0 saturated heterocycles. The second kappa shape index (κ2) is 6.50. The van der Waals surface area contributed by atoms with Gasteiger partial charge >= 0.3 is 0 Å². The maximum atomic E-state index is 4.10. The molecule has 0 radical (unpaired) electrons. The third-order valence-corrected chi connectivity index (χ3v) is 5.78. The number of fused-ring (bicyclic) bond motifs is 2. The lowest BCUT2D eigenvalue weighted by Gasteiger charge is -2.18. The highest BCUT2D eigenvalue weighted by molar-refractivity contribution is 9.10. The van der Waals surface area contributed by atoms with Gasteiger partial charge in [-0.2, -0.15) is 0 Å². The van der Waals surface area contributed by atoms with Crippen molar-refractivity contribution in [2.24, 2.45) is 0 Å². The van der Waals surface area contributed by atoms with Crippen LogP contribution < -0.4 is 10.4 Å². The summed E-state index contributed by atoms with van der Waals surface area (Å²) in [6, 6.07) is 15.1. The standard InChI is InChI=1S/C24H19Br/c1-3-17-18(4-2)24(25)22-14-8-7-13-21(22)23(17)20-15-9-11-16-10-5-6-12-19(16)20/h3-4,7-15H,1-2,5-6H2. The van der Waals surface area contributed by atoms with Gasteiger partial charge in [0.15, 0.2) is 0 Å². The smallest absolute Gasteiger partial charge is 0.0332 e. The molecule has 0 fully saturated rings. The second-order valence-corrected chi connectivity index (χ2v) is 7.06. The predicted molar refractivity (Wildman–Crippen MR) is 115 cm³/mol. The molecule has 0 N–H and O–H groups in total. The first-order chi connectivity index (χ1) is 12.3. The van der Waals surface area contributed by atoms with Gasteiger partial charge in [0, 0.05) is 4.47 Å². The summed E-state index contributed by atoms with van der Waals surface area (Å²) in [4.78, 5) is 0. The van der Waals surface area contributed by atoms with E-state index in [9.17, 15) is 0 Å². The first-order valence-electron chi connectivity index (χ1n) is 8.55. The molecule has 4 rings (SSSR count). The van der Waals surface area contributed by atoms with Crippen LogP contribution in [0.2, 0.25) is 0 Å². The highest BCUT2D eigenvalue weighted by Gasteiger charge is 2.17. The summed E-state index contributed by atoms with van der Waals surface area (Å²) in [5.74, 6) is 0. The van der Waals surface area contributed by atoms with Crippen LogP contribution in [0.15, 0.2) is 60.1 Å². The number of rotatable bonds is 3. The molecule has 0 spiro atoms. The van der Waals surface area contributed by atoms with Gasteiger partial charge in [0.1, 0.15) is 0 Å². The molecule has 122 valence electrons. The van der Waals surface area contributed by atoms with Crippen LogP contribution in [0.1, 0.15) is 24.0 Å². The van der Waals surface area contributed by atoms with E-state index in [4.69, 9.17) is 0 Å². The molecule has 0 bridgehead atoms. The zero-order valence-electron chi connectivity index (χ0n) is 14.1. The summed E-state index contributed by atoms with van der Waals surface area (Å²) in [7, 11) is 0. The number of benzene rings is 3. The van der Waals surface area contributed by atoms with Gasteiger partial charge in [-0.15, -0.1) is 0 Å². The van der Waals surface area contributed by atoms with Crippen molar-refractivity contribution < 1.29 is 0 Å². The van der Waals surface area contributed by atoms with Gasteiger partial charge in [0.05, 0.1) is 0 Å². The van der Waals surface area contributed by atoms with Crippen LogP contribution in [0, 0.1) is 0 Å². The highest BCUT2D eigenvalue weighted by atomic mass is 79.9. The zero-order valence-corrected chi connectivity index (χ0v) is 15.6. The van der Waals surface area contributed by atoms with E-state index in [0.717, 1.165) is 28.4 Å². The van der Waals surface area contributed by atoms with Crippen LogP contribution in [-0.4, -0.2) is 0 Å². The number of hydrogen-bond donors (Lipinski definition) is 0. The maximum Gasteiger partial charge on any atom is 0.0332 e. The van der Waals surface area contributed by atoms with Crippen molar-refractivity contribution in [2.45, 2.75) is 12.8 Å². The molecule has 0 amide bonds. The van der Waals surface area contributed by atoms with E-state index >= 15 is 0 Å². The van der Waals surface area contributed by atoms with E-state index in [1.54, 1.807) is 0 Å². The molecule has 0 nitrogen and oxygen atoms in total. The van der Waals surface area contributed by atoms with Crippen molar-refractivity contribution in [3.8, 4) is 11.1 Å². The van der Waals surface area contributed by atoms with Gasteiger partial charge in [-0.25, -0.2) is 0 Å². The van der Waals surface area contributed by atoms with E-state index in [1.807, 2.05) is 12.2 Å². The summed E-state index contributed by atoms with van der Waals surface area (Å²) in [6.45, 7) is 8.14. The van der Waals surface area contributed by atoms with Crippen molar-refractivity contribution in [3.63, 3.8) is 0 Å². The van der Waals surface area contributed by atoms with E-state index in [1.165, 1.54) is 32.3 Å². The first kappa shape index (κ1) is 16.1. The Morgan fingerprint density at radius 2 is 1.52 bits per heavy atom. The van der Waals surface area contributed by atoms with Gasteiger partial charge in [-0.3, -0.25) is 0 Å². The molecule has 0 heterocycles. The summed E-state index contributed by atoms with van der Waals surface area (Å²) in [6.07, 6.45) is 10.8. The lowest BCUT2D eigenvalue weighted by molar-refractivity contribution is 1.12. The Morgan fingerprint density at radius 3 is 2.28 bits per heavy atom. The molecule has 3 aromatic rings. The quantitative estimate of drug-likeness (QED) is 0.524. The Kier molecular flexibility index (Phi) is 4.19. The van der Waals surface area contributed by atoms with E-state index in [0.29, 0.717) is 0 Å². The lowest BCUT2D eigenvalue weighted by atomic mass is 9.87. The summed E-state index contributed by atoms with van der Waals surface area (Å²) < 4.78 is 1.08. The Morgan fingerprint density at radius 1 is 0.800 bits per heavy atom. The molecule has 0 atom stereocenters. The minimum Gasteiger partial charge on any atom is -0.0984 e. The van der Waals surface area contributed by atoms with Gasteiger partial charge < -0.3 is 0 Å². The fourth-order valence-electron chi connectivity index (χ4n) is 3.81. The average molecular weight is 387 g/mol. The molecule has 0 saturated carbocycles. The van der Waals surface area contributed by atoms with Crippen LogP contribution in [0.3, 0.4) is 0 Å². The van der Waals surface area contributed by atoms with Crippen LogP contribution in [0.25, 0.3) is 46.2 Å². The molecule has 0 aromatic heterocycles. The monoisotopic (exact) mass is 386 g/mol. The molecule has 1 aliphatic rings. The largest absolute Gasteiger partial charge is 0.0984 e. The normalized spacial score (nSPS) is 12.8. The Bertz CT molecular complexity index is 1130. The molecule has 25 heavy (non-hydrogen) atoms. The van der Waals surface area contributed by atoms with Gasteiger partial charge in [-0.05, 0) is 72.2 Å². The van der Waals surface area contributed by atoms with Crippen molar-refractivity contribution in [2.75, 3.05) is 0 Å². The highest BCUT2D eigenvalue weighted by Crippen LogP contribution is 2.40. The van der Waals surface area contributed by atoms with Crippen molar-refractivity contribution in [1.82, 2.24) is 0 Å². The van der Waals surface area contributed by atoms with Crippen LogP contribution in [-0.2, 0) is 0 Å². The lowest BCUT2D eigenvalue weighted by Crippen LogP contribution is -2.28. The third-order valence-electron chi connectivity index (χ3n) is 4.93. The molecule has 1 heteroatoms. The van der Waals surface area contributed by atoms with Gasteiger partial charge in [0.2, 0.25) is 0 Å². The fraction of sp³-hybridized carbons (Fsp3) is 0.0833. The molecular weight excluding hydrogens is 368 g/mol. The molecule has 3 aromatic carbocycles. The van der Waals surface area contributed by atoms with Crippen LogP contribution >= 0.6 is 15.9 Å². The predicted octanol–water partition coefficient (Wildman–Crippen LogP) is 5.91. The second-order valence-electron chi connectivity index (χ2n) is 6.26. The summed E-state index contributed by atoms with van der Waals surface area (Å²) in [5.41, 5.74) is 4.75. The van der Waals surface area contributed by atoms with Gasteiger partial charge in [-0.1, -0.05) is 79.9 Å². The zero-order chi connectivity index (χ0) is 17.4. The molecular formula is C24H19Br. The van der Waals surface area contributed by atoms with Crippen molar-refractivity contribution in [1.29, 1.82) is 0 Å². The average Bonchev–Trinajstić information content (AvgIpc) is 2.67.